The molecule has 1 amide bonds. The first-order chi connectivity index (χ1) is 16.3. The SMILES string of the molecule is COc1cc(C(=O)NCc2nnc3c(C(F)(F)F)cc(Cl)cn23)ccc1OCc1ccccc1. The van der Waals surface area contributed by atoms with Gasteiger partial charge in [0.05, 0.1) is 18.7 Å². The van der Waals surface area contributed by atoms with Gasteiger partial charge in [-0.2, -0.15) is 13.2 Å². The molecule has 7 nitrogen and oxygen atoms in total. The van der Waals surface area contributed by atoms with Gasteiger partial charge in [0.25, 0.3) is 5.91 Å². The Kier molecular flexibility index (Phi) is 6.60. The van der Waals surface area contributed by atoms with Crippen molar-refractivity contribution in [3.63, 3.8) is 0 Å². The molecule has 0 aliphatic heterocycles. The van der Waals surface area contributed by atoms with Gasteiger partial charge in [-0.15, -0.1) is 10.2 Å². The number of fused-ring (bicyclic) bond motifs is 1. The molecule has 0 atom stereocenters. The Morgan fingerprint density at radius 1 is 1.09 bits per heavy atom. The van der Waals surface area contributed by atoms with Crippen molar-refractivity contribution >= 4 is 23.2 Å². The molecule has 11 heteroatoms. The summed E-state index contributed by atoms with van der Waals surface area (Å²) in [7, 11) is 1.46. The van der Waals surface area contributed by atoms with Crippen molar-refractivity contribution in [1.82, 2.24) is 19.9 Å². The van der Waals surface area contributed by atoms with Gasteiger partial charge in [0.1, 0.15) is 12.2 Å². The van der Waals surface area contributed by atoms with Crippen LogP contribution in [0.3, 0.4) is 0 Å². The minimum Gasteiger partial charge on any atom is -0.493 e. The molecule has 2 aromatic carbocycles. The zero-order valence-electron chi connectivity index (χ0n) is 17.8. The van der Waals surface area contributed by atoms with Crippen molar-refractivity contribution in [2.45, 2.75) is 19.3 Å². The van der Waals surface area contributed by atoms with Crippen LogP contribution in [0.4, 0.5) is 13.2 Å². The lowest BCUT2D eigenvalue weighted by Gasteiger charge is -2.12. The predicted molar refractivity (Wildman–Crippen MR) is 118 cm³/mol. The fourth-order valence-corrected chi connectivity index (χ4v) is 3.47. The van der Waals surface area contributed by atoms with Crippen LogP contribution in [-0.4, -0.2) is 27.6 Å². The number of rotatable bonds is 7. The van der Waals surface area contributed by atoms with E-state index in [1.54, 1.807) is 12.1 Å². The number of benzene rings is 2. The first-order valence-electron chi connectivity index (χ1n) is 9.99. The molecule has 0 spiro atoms. The van der Waals surface area contributed by atoms with Gasteiger partial charge in [0, 0.05) is 11.8 Å². The Hall–Kier alpha value is -3.79. The fraction of sp³-hybridized carbons (Fsp3) is 0.174. The monoisotopic (exact) mass is 490 g/mol. The Bertz CT molecular complexity index is 1330. The summed E-state index contributed by atoms with van der Waals surface area (Å²) < 4.78 is 52.0. The van der Waals surface area contributed by atoms with E-state index in [0.717, 1.165) is 16.0 Å². The van der Waals surface area contributed by atoms with E-state index in [4.69, 9.17) is 21.1 Å². The average Bonchev–Trinajstić information content (AvgIpc) is 3.23. The van der Waals surface area contributed by atoms with E-state index < -0.39 is 23.3 Å². The molecule has 0 saturated heterocycles. The summed E-state index contributed by atoms with van der Waals surface area (Å²) in [5, 5.41) is 9.86. The second kappa shape index (κ2) is 9.60. The minimum atomic E-state index is -4.65. The van der Waals surface area contributed by atoms with E-state index in [9.17, 15) is 18.0 Å². The quantitative estimate of drug-likeness (QED) is 0.398. The van der Waals surface area contributed by atoms with Crippen LogP contribution < -0.4 is 14.8 Å². The molecule has 34 heavy (non-hydrogen) atoms. The predicted octanol–water partition coefficient (Wildman–Crippen LogP) is 4.92. The number of halogens is 4. The molecule has 0 bridgehead atoms. The second-order valence-corrected chi connectivity index (χ2v) is 7.64. The number of amides is 1. The molecule has 4 rings (SSSR count). The standard InChI is InChI=1S/C23H18ClF3N4O3/c1-33-19-9-15(7-8-18(19)34-13-14-5-3-2-4-6-14)22(32)28-11-20-29-30-21-17(23(25,26)27)10-16(24)12-31(20)21/h2-10,12H,11,13H2,1H3,(H,28,32). The maximum Gasteiger partial charge on any atom is 0.420 e. The Labute approximate surface area is 197 Å². The fourth-order valence-electron chi connectivity index (χ4n) is 3.26. The number of carbonyl (C=O) groups is 1. The molecular weight excluding hydrogens is 473 g/mol. The van der Waals surface area contributed by atoms with Crippen LogP contribution in [-0.2, 0) is 19.3 Å². The molecule has 0 unspecified atom stereocenters. The normalized spacial score (nSPS) is 11.4. The number of nitrogens with one attached hydrogen (secondary N) is 1. The van der Waals surface area contributed by atoms with Gasteiger partial charge in [-0.1, -0.05) is 41.9 Å². The molecule has 4 aromatic rings. The zero-order chi connectivity index (χ0) is 24.3. The number of alkyl halides is 3. The van der Waals surface area contributed by atoms with Gasteiger partial charge >= 0.3 is 6.18 Å². The number of aromatic nitrogens is 3. The van der Waals surface area contributed by atoms with Crippen molar-refractivity contribution in [2.75, 3.05) is 7.11 Å². The highest BCUT2D eigenvalue weighted by atomic mass is 35.5. The highest BCUT2D eigenvalue weighted by Crippen LogP contribution is 2.34. The Balaban J connectivity index is 1.48. The summed E-state index contributed by atoms with van der Waals surface area (Å²) in [6.07, 6.45) is -3.39. The zero-order valence-corrected chi connectivity index (χ0v) is 18.5. The van der Waals surface area contributed by atoms with Crippen molar-refractivity contribution < 1.29 is 27.4 Å². The number of nitrogens with zero attached hydrogens (tertiary/aromatic N) is 3. The van der Waals surface area contributed by atoms with E-state index in [1.807, 2.05) is 30.3 Å². The summed E-state index contributed by atoms with van der Waals surface area (Å²) in [5.74, 6) is 0.424. The van der Waals surface area contributed by atoms with Crippen molar-refractivity contribution in [3.8, 4) is 11.5 Å². The molecule has 1 N–H and O–H groups in total. The molecular formula is C23H18ClF3N4O3. The lowest BCUT2D eigenvalue weighted by molar-refractivity contribution is -0.136. The topological polar surface area (TPSA) is 77.8 Å². The van der Waals surface area contributed by atoms with Crippen LogP contribution in [0.2, 0.25) is 5.02 Å². The summed E-state index contributed by atoms with van der Waals surface area (Å²) in [6.45, 7) is 0.150. The maximum absolute atomic E-state index is 13.3. The second-order valence-electron chi connectivity index (χ2n) is 7.20. The largest absolute Gasteiger partial charge is 0.493 e. The van der Waals surface area contributed by atoms with Crippen molar-refractivity contribution in [3.05, 3.63) is 88.3 Å². The van der Waals surface area contributed by atoms with Crippen LogP contribution in [0, 0.1) is 0 Å². The van der Waals surface area contributed by atoms with Crippen LogP contribution in [0.15, 0.2) is 60.8 Å². The first-order valence-corrected chi connectivity index (χ1v) is 10.4. The van der Waals surface area contributed by atoms with E-state index in [1.165, 1.54) is 19.4 Å². The lowest BCUT2D eigenvalue weighted by Crippen LogP contribution is -2.24. The molecule has 0 aliphatic carbocycles. The number of carbonyl (C=O) groups excluding carboxylic acids is 1. The molecule has 176 valence electrons. The van der Waals surface area contributed by atoms with Gasteiger partial charge in [-0.05, 0) is 29.8 Å². The van der Waals surface area contributed by atoms with Gasteiger partial charge < -0.3 is 14.8 Å². The Morgan fingerprint density at radius 2 is 1.85 bits per heavy atom. The van der Waals surface area contributed by atoms with Crippen LogP contribution in [0.25, 0.3) is 5.65 Å². The highest BCUT2D eigenvalue weighted by molar-refractivity contribution is 6.30. The summed E-state index contributed by atoms with van der Waals surface area (Å²) in [5.41, 5.74) is -0.170. The van der Waals surface area contributed by atoms with Gasteiger partial charge in [0.15, 0.2) is 23.0 Å². The molecule has 2 heterocycles. The van der Waals surface area contributed by atoms with E-state index >= 15 is 0 Å². The number of methoxy groups -OCH3 is 1. The van der Waals surface area contributed by atoms with E-state index in [-0.39, 0.29) is 23.0 Å². The van der Waals surface area contributed by atoms with Crippen molar-refractivity contribution in [1.29, 1.82) is 0 Å². The lowest BCUT2D eigenvalue weighted by atomic mass is 10.2. The van der Waals surface area contributed by atoms with Crippen LogP contribution >= 0.6 is 11.6 Å². The van der Waals surface area contributed by atoms with E-state index in [2.05, 4.69) is 15.5 Å². The summed E-state index contributed by atoms with van der Waals surface area (Å²) in [6, 6.07) is 15.0. The highest BCUT2D eigenvalue weighted by Gasteiger charge is 2.35. The van der Waals surface area contributed by atoms with Gasteiger partial charge in [-0.3, -0.25) is 9.20 Å². The Morgan fingerprint density at radius 3 is 2.56 bits per heavy atom. The number of pyridine rings is 1. The summed E-state index contributed by atoms with van der Waals surface area (Å²) in [4.78, 5) is 12.7. The third-order valence-electron chi connectivity index (χ3n) is 4.92. The number of hydrogen-bond donors (Lipinski definition) is 1. The van der Waals surface area contributed by atoms with Crippen LogP contribution in [0.5, 0.6) is 11.5 Å². The average molecular weight is 491 g/mol. The van der Waals surface area contributed by atoms with Gasteiger partial charge in [0.2, 0.25) is 0 Å². The molecule has 0 saturated carbocycles. The third kappa shape index (κ3) is 5.07. The number of ether oxygens (including phenoxy) is 2. The summed E-state index contributed by atoms with van der Waals surface area (Å²) >= 11 is 5.84. The maximum atomic E-state index is 13.3. The molecule has 0 radical (unpaired) electrons. The molecule has 2 aromatic heterocycles. The smallest absolute Gasteiger partial charge is 0.420 e. The van der Waals surface area contributed by atoms with Crippen LogP contribution in [0.1, 0.15) is 27.3 Å². The molecule has 0 aliphatic rings. The van der Waals surface area contributed by atoms with Crippen molar-refractivity contribution in [2.24, 2.45) is 0 Å². The van der Waals surface area contributed by atoms with E-state index in [0.29, 0.717) is 18.1 Å². The number of hydrogen-bond acceptors (Lipinski definition) is 5. The van der Waals surface area contributed by atoms with Gasteiger partial charge in [-0.25, -0.2) is 0 Å². The first kappa shape index (κ1) is 23.4. The molecule has 0 fully saturated rings. The third-order valence-corrected chi connectivity index (χ3v) is 5.12. The minimum absolute atomic E-state index is 0.0890.